The van der Waals surface area contributed by atoms with Gasteiger partial charge in [-0.3, -0.25) is 9.59 Å². The molecule has 1 saturated heterocycles. The highest BCUT2D eigenvalue weighted by Crippen LogP contribution is 2.34. The molecule has 1 atom stereocenters. The van der Waals surface area contributed by atoms with Crippen LogP contribution < -0.4 is 10.2 Å². The standard InChI is InChI=1S/C22H28N4O2S/c1-15-3-5-17(6-4-15)14-23-21(28)18-7-8-19-20(13-18)29-22(24-19)26-11-9-25(10-12-26)16(2)27/h3-6,18H,7-14H2,1-2H3,(H,23,28)/t18-/m1/s1. The first-order chi connectivity index (χ1) is 14.0. The number of hydrogen-bond donors (Lipinski definition) is 1. The fraction of sp³-hybridized carbons (Fsp3) is 0.500. The van der Waals surface area contributed by atoms with E-state index in [4.69, 9.17) is 4.98 Å². The SMILES string of the molecule is CC(=O)N1CCN(c2nc3c(s2)C[C@H](C(=O)NCc2ccc(C)cc2)CC3)CC1. The highest BCUT2D eigenvalue weighted by molar-refractivity contribution is 7.15. The van der Waals surface area contributed by atoms with Crippen molar-refractivity contribution in [2.75, 3.05) is 31.1 Å². The second kappa shape index (κ2) is 8.53. The molecule has 1 aliphatic heterocycles. The number of rotatable bonds is 4. The van der Waals surface area contributed by atoms with E-state index in [0.29, 0.717) is 6.54 Å². The lowest BCUT2D eigenvalue weighted by Crippen LogP contribution is -2.48. The van der Waals surface area contributed by atoms with Gasteiger partial charge in [0.25, 0.3) is 0 Å². The molecule has 2 heterocycles. The van der Waals surface area contributed by atoms with Gasteiger partial charge in [-0.15, -0.1) is 11.3 Å². The van der Waals surface area contributed by atoms with Crippen molar-refractivity contribution in [3.63, 3.8) is 0 Å². The van der Waals surface area contributed by atoms with Crippen LogP contribution in [0.1, 0.15) is 35.0 Å². The number of hydrogen-bond acceptors (Lipinski definition) is 5. The van der Waals surface area contributed by atoms with Crippen molar-refractivity contribution >= 4 is 28.3 Å². The quantitative estimate of drug-likeness (QED) is 0.838. The number of nitrogens with one attached hydrogen (secondary N) is 1. The molecule has 1 fully saturated rings. The van der Waals surface area contributed by atoms with E-state index in [1.807, 2.05) is 4.90 Å². The predicted molar refractivity (Wildman–Crippen MR) is 115 cm³/mol. The summed E-state index contributed by atoms with van der Waals surface area (Å²) in [5.74, 6) is 0.305. The lowest BCUT2D eigenvalue weighted by atomic mass is 9.90. The number of anilines is 1. The molecule has 2 amide bonds. The third-order valence-electron chi connectivity index (χ3n) is 5.88. The van der Waals surface area contributed by atoms with E-state index in [9.17, 15) is 9.59 Å². The van der Waals surface area contributed by atoms with E-state index < -0.39 is 0 Å². The molecule has 2 aromatic rings. The van der Waals surface area contributed by atoms with Gasteiger partial charge >= 0.3 is 0 Å². The Morgan fingerprint density at radius 3 is 2.59 bits per heavy atom. The predicted octanol–water partition coefficient (Wildman–Crippen LogP) is 2.54. The first kappa shape index (κ1) is 19.9. The zero-order valence-corrected chi connectivity index (χ0v) is 17.9. The maximum Gasteiger partial charge on any atom is 0.223 e. The van der Waals surface area contributed by atoms with Crippen LogP contribution in [0.2, 0.25) is 0 Å². The molecular weight excluding hydrogens is 384 g/mol. The van der Waals surface area contributed by atoms with E-state index in [0.717, 1.165) is 61.8 Å². The molecule has 0 radical (unpaired) electrons. The average Bonchev–Trinajstić information content (AvgIpc) is 3.16. The van der Waals surface area contributed by atoms with Gasteiger partial charge in [0.15, 0.2) is 5.13 Å². The summed E-state index contributed by atoms with van der Waals surface area (Å²) in [4.78, 5) is 34.5. The highest BCUT2D eigenvalue weighted by atomic mass is 32.1. The molecule has 2 aliphatic rings. The molecule has 154 valence electrons. The fourth-order valence-corrected chi connectivity index (χ4v) is 5.21. The van der Waals surface area contributed by atoms with Gasteiger partial charge in [0.05, 0.1) is 5.69 Å². The van der Waals surface area contributed by atoms with Crippen molar-refractivity contribution in [2.45, 2.75) is 39.7 Å². The molecule has 1 aliphatic carbocycles. The smallest absolute Gasteiger partial charge is 0.223 e. The van der Waals surface area contributed by atoms with Crippen molar-refractivity contribution in [1.29, 1.82) is 0 Å². The van der Waals surface area contributed by atoms with Crippen LogP contribution in [-0.2, 0) is 29.0 Å². The molecule has 4 rings (SSSR count). The van der Waals surface area contributed by atoms with Crippen LogP contribution in [-0.4, -0.2) is 47.9 Å². The number of aryl methyl sites for hydroxylation is 2. The maximum absolute atomic E-state index is 12.7. The summed E-state index contributed by atoms with van der Waals surface area (Å²) in [6.07, 6.45) is 2.50. The van der Waals surface area contributed by atoms with Crippen LogP contribution in [0.25, 0.3) is 0 Å². The zero-order valence-electron chi connectivity index (χ0n) is 17.1. The molecule has 0 unspecified atom stereocenters. The molecule has 0 bridgehead atoms. The Hall–Kier alpha value is -2.41. The van der Waals surface area contributed by atoms with E-state index >= 15 is 0 Å². The number of carbonyl (C=O) groups excluding carboxylic acids is 2. The van der Waals surface area contributed by atoms with Gasteiger partial charge in [-0.25, -0.2) is 4.98 Å². The van der Waals surface area contributed by atoms with Crippen LogP contribution in [0.4, 0.5) is 5.13 Å². The van der Waals surface area contributed by atoms with Gasteiger partial charge in [0, 0.05) is 50.4 Å². The topological polar surface area (TPSA) is 65.5 Å². The zero-order chi connectivity index (χ0) is 20.4. The minimum atomic E-state index is 0.0239. The van der Waals surface area contributed by atoms with E-state index in [1.54, 1.807) is 18.3 Å². The largest absolute Gasteiger partial charge is 0.352 e. The van der Waals surface area contributed by atoms with Crippen molar-refractivity contribution in [1.82, 2.24) is 15.2 Å². The first-order valence-electron chi connectivity index (χ1n) is 10.3. The Morgan fingerprint density at radius 2 is 1.90 bits per heavy atom. The van der Waals surface area contributed by atoms with Crippen LogP contribution in [0.5, 0.6) is 0 Å². The molecule has 1 N–H and O–H groups in total. The summed E-state index contributed by atoms with van der Waals surface area (Å²) in [6.45, 7) is 7.43. The molecule has 7 heteroatoms. The Labute approximate surface area is 175 Å². The highest BCUT2D eigenvalue weighted by Gasteiger charge is 2.29. The van der Waals surface area contributed by atoms with Crippen molar-refractivity contribution in [2.24, 2.45) is 5.92 Å². The van der Waals surface area contributed by atoms with Crippen molar-refractivity contribution in [3.8, 4) is 0 Å². The van der Waals surface area contributed by atoms with E-state index in [2.05, 4.69) is 41.4 Å². The van der Waals surface area contributed by atoms with Crippen molar-refractivity contribution in [3.05, 3.63) is 46.0 Å². The summed E-state index contributed by atoms with van der Waals surface area (Å²) >= 11 is 1.72. The summed E-state index contributed by atoms with van der Waals surface area (Å²) in [7, 11) is 0. The third kappa shape index (κ3) is 4.61. The Balaban J connectivity index is 1.33. The molecule has 0 saturated carbocycles. The minimum Gasteiger partial charge on any atom is -0.352 e. The number of benzene rings is 1. The van der Waals surface area contributed by atoms with Gasteiger partial charge in [0.1, 0.15) is 0 Å². The summed E-state index contributed by atoms with van der Waals surface area (Å²) in [5.41, 5.74) is 3.51. The monoisotopic (exact) mass is 412 g/mol. The van der Waals surface area contributed by atoms with Crippen molar-refractivity contribution < 1.29 is 9.59 Å². The number of fused-ring (bicyclic) bond motifs is 1. The fourth-order valence-electron chi connectivity index (χ4n) is 3.97. The van der Waals surface area contributed by atoms with Gasteiger partial charge in [-0.1, -0.05) is 29.8 Å². The van der Waals surface area contributed by atoms with Gasteiger partial charge < -0.3 is 15.1 Å². The summed E-state index contributed by atoms with van der Waals surface area (Å²) < 4.78 is 0. The van der Waals surface area contributed by atoms with Crippen LogP contribution in [0, 0.1) is 12.8 Å². The Morgan fingerprint density at radius 1 is 1.17 bits per heavy atom. The molecule has 1 aromatic carbocycles. The lowest BCUT2D eigenvalue weighted by molar-refractivity contribution is -0.129. The van der Waals surface area contributed by atoms with E-state index in [-0.39, 0.29) is 17.7 Å². The Bertz CT molecular complexity index is 885. The van der Waals surface area contributed by atoms with Crippen LogP contribution in [0.3, 0.4) is 0 Å². The molecule has 29 heavy (non-hydrogen) atoms. The molecular formula is C22H28N4O2S. The van der Waals surface area contributed by atoms with Gasteiger partial charge in [0.2, 0.25) is 11.8 Å². The lowest BCUT2D eigenvalue weighted by Gasteiger charge is -2.33. The maximum atomic E-state index is 12.7. The second-order valence-electron chi connectivity index (χ2n) is 8.00. The summed E-state index contributed by atoms with van der Waals surface area (Å²) in [5, 5.41) is 4.14. The van der Waals surface area contributed by atoms with Crippen LogP contribution in [0.15, 0.2) is 24.3 Å². The number of carbonyl (C=O) groups is 2. The minimum absolute atomic E-state index is 0.0239. The van der Waals surface area contributed by atoms with Gasteiger partial charge in [-0.05, 0) is 31.7 Å². The average molecular weight is 413 g/mol. The molecule has 0 spiro atoms. The third-order valence-corrected chi connectivity index (χ3v) is 7.06. The summed E-state index contributed by atoms with van der Waals surface area (Å²) in [6, 6.07) is 8.28. The van der Waals surface area contributed by atoms with Gasteiger partial charge in [-0.2, -0.15) is 0 Å². The number of amides is 2. The number of nitrogens with zero attached hydrogens (tertiary/aromatic N) is 3. The van der Waals surface area contributed by atoms with E-state index in [1.165, 1.54) is 10.4 Å². The number of thiazole rings is 1. The Kier molecular flexibility index (Phi) is 5.85. The number of aromatic nitrogens is 1. The first-order valence-corrected chi connectivity index (χ1v) is 11.1. The normalized spacial score (nSPS) is 19.0. The second-order valence-corrected chi connectivity index (χ2v) is 9.06. The number of piperazine rings is 1. The van der Waals surface area contributed by atoms with Crippen LogP contribution >= 0.6 is 11.3 Å². The molecule has 6 nitrogen and oxygen atoms in total. The molecule has 1 aromatic heterocycles.